The fourth-order valence-electron chi connectivity index (χ4n) is 1.31. The molecule has 1 aromatic rings. The molecule has 0 N–H and O–H groups in total. The maximum Gasteiger partial charge on any atom is 0.264 e. The Morgan fingerprint density at radius 3 is 2.80 bits per heavy atom. The van der Waals surface area contributed by atoms with Crippen LogP contribution in [0.4, 0.5) is 0 Å². The van der Waals surface area contributed by atoms with Crippen molar-refractivity contribution in [3.63, 3.8) is 0 Å². The van der Waals surface area contributed by atoms with Crippen LogP contribution < -0.4 is 0 Å². The fourth-order valence-corrected chi connectivity index (χ4v) is 2.15. The SMILES string of the molecule is CCCN(CC#N)C(=O)c1ccc(C)s1. The number of thiophene rings is 1. The van der Waals surface area contributed by atoms with Crippen LogP contribution in [0.3, 0.4) is 0 Å². The lowest BCUT2D eigenvalue weighted by molar-refractivity contribution is 0.0781. The summed E-state index contributed by atoms with van der Waals surface area (Å²) in [6.45, 7) is 4.78. The normalized spacial score (nSPS) is 9.67. The molecule has 1 aromatic heterocycles. The van der Waals surface area contributed by atoms with Crippen LogP contribution in [-0.4, -0.2) is 23.9 Å². The molecule has 0 aliphatic rings. The number of nitriles is 1. The number of amides is 1. The van der Waals surface area contributed by atoms with Crippen LogP contribution in [0, 0.1) is 18.3 Å². The molecule has 3 nitrogen and oxygen atoms in total. The third-order valence-corrected chi connectivity index (χ3v) is 2.98. The van der Waals surface area contributed by atoms with Crippen LogP contribution in [0.2, 0.25) is 0 Å². The van der Waals surface area contributed by atoms with Crippen molar-refractivity contribution in [3.8, 4) is 6.07 Å². The highest BCUT2D eigenvalue weighted by molar-refractivity contribution is 7.13. The van der Waals surface area contributed by atoms with E-state index in [1.807, 2.05) is 32.0 Å². The molecule has 0 radical (unpaired) electrons. The van der Waals surface area contributed by atoms with Gasteiger partial charge in [0.25, 0.3) is 5.91 Å². The summed E-state index contributed by atoms with van der Waals surface area (Å²) in [7, 11) is 0. The van der Waals surface area contributed by atoms with E-state index in [1.165, 1.54) is 11.3 Å². The van der Waals surface area contributed by atoms with Gasteiger partial charge >= 0.3 is 0 Å². The van der Waals surface area contributed by atoms with Gasteiger partial charge in [0.2, 0.25) is 0 Å². The number of hydrogen-bond donors (Lipinski definition) is 0. The molecule has 4 heteroatoms. The van der Waals surface area contributed by atoms with E-state index in [9.17, 15) is 4.79 Å². The Morgan fingerprint density at radius 1 is 1.60 bits per heavy atom. The van der Waals surface area contributed by atoms with Crippen molar-refractivity contribution in [1.29, 1.82) is 5.26 Å². The first-order valence-electron chi connectivity index (χ1n) is 4.91. The largest absolute Gasteiger partial charge is 0.325 e. The number of carbonyl (C=O) groups excluding carboxylic acids is 1. The molecule has 1 amide bonds. The summed E-state index contributed by atoms with van der Waals surface area (Å²) >= 11 is 1.48. The second-order valence-electron chi connectivity index (χ2n) is 3.30. The molecule has 0 spiro atoms. The quantitative estimate of drug-likeness (QED) is 0.734. The standard InChI is InChI=1S/C11H14N2OS/c1-3-7-13(8-6-12)11(14)10-5-4-9(2)15-10/h4-5H,3,7-8H2,1-2H3. The van der Waals surface area contributed by atoms with Gasteiger partial charge in [-0.1, -0.05) is 6.92 Å². The Labute approximate surface area is 93.9 Å². The first-order chi connectivity index (χ1) is 7.19. The van der Waals surface area contributed by atoms with Crippen molar-refractivity contribution in [2.24, 2.45) is 0 Å². The van der Waals surface area contributed by atoms with Crippen molar-refractivity contribution in [2.75, 3.05) is 13.1 Å². The number of rotatable bonds is 4. The van der Waals surface area contributed by atoms with E-state index >= 15 is 0 Å². The van der Waals surface area contributed by atoms with Crippen molar-refractivity contribution in [2.45, 2.75) is 20.3 Å². The minimum atomic E-state index is -0.0310. The van der Waals surface area contributed by atoms with E-state index in [4.69, 9.17) is 5.26 Å². The molecule has 0 aliphatic carbocycles. The minimum Gasteiger partial charge on any atom is -0.325 e. The van der Waals surface area contributed by atoms with Crippen LogP contribution in [0.25, 0.3) is 0 Å². The minimum absolute atomic E-state index is 0.0310. The Morgan fingerprint density at radius 2 is 2.33 bits per heavy atom. The highest BCUT2D eigenvalue weighted by Gasteiger charge is 2.15. The Bertz CT molecular complexity index is 378. The Hall–Kier alpha value is -1.34. The van der Waals surface area contributed by atoms with E-state index in [1.54, 1.807) is 4.90 Å². The van der Waals surface area contributed by atoms with E-state index < -0.39 is 0 Å². The van der Waals surface area contributed by atoms with Gasteiger partial charge in [0.05, 0.1) is 10.9 Å². The average molecular weight is 222 g/mol. The third-order valence-electron chi connectivity index (χ3n) is 1.99. The second kappa shape index (κ2) is 5.52. The summed E-state index contributed by atoms with van der Waals surface area (Å²) in [6, 6.07) is 5.77. The van der Waals surface area contributed by atoms with Crippen molar-refractivity contribution < 1.29 is 4.79 Å². The molecule has 0 aliphatic heterocycles. The molecule has 0 saturated heterocycles. The zero-order chi connectivity index (χ0) is 11.3. The summed E-state index contributed by atoms with van der Waals surface area (Å²) < 4.78 is 0. The van der Waals surface area contributed by atoms with Crippen LogP contribution >= 0.6 is 11.3 Å². The van der Waals surface area contributed by atoms with Gasteiger partial charge in [-0.05, 0) is 25.5 Å². The maximum absolute atomic E-state index is 11.9. The molecule has 0 bridgehead atoms. The fraction of sp³-hybridized carbons (Fsp3) is 0.455. The van der Waals surface area contributed by atoms with E-state index in [-0.39, 0.29) is 12.5 Å². The highest BCUT2D eigenvalue weighted by Crippen LogP contribution is 2.17. The van der Waals surface area contributed by atoms with Gasteiger partial charge < -0.3 is 4.90 Å². The van der Waals surface area contributed by atoms with E-state index in [2.05, 4.69) is 0 Å². The van der Waals surface area contributed by atoms with Gasteiger partial charge in [-0.25, -0.2) is 0 Å². The lowest BCUT2D eigenvalue weighted by atomic mass is 10.3. The monoisotopic (exact) mass is 222 g/mol. The average Bonchev–Trinajstić information content (AvgIpc) is 2.63. The number of carbonyl (C=O) groups is 1. The third kappa shape index (κ3) is 3.07. The first-order valence-corrected chi connectivity index (χ1v) is 5.73. The predicted octanol–water partition coefficient (Wildman–Crippen LogP) is 2.43. The maximum atomic E-state index is 11.9. The number of hydrogen-bond acceptors (Lipinski definition) is 3. The molecular weight excluding hydrogens is 208 g/mol. The zero-order valence-corrected chi connectivity index (χ0v) is 9.80. The van der Waals surface area contributed by atoms with Gasteiger partial charge in [0.1, 0.15) is 6.54 Å². The molecule has 0 unspecified atom stereocenters. The van der Waals surface area contributed by atoms with Gasteiger partial charge in [-0.2, -0.15) is 5.26 Å². The molecule has 80 valence electrons. The number of aryl methyl sites for hydroxylation is 1. The molecule has 0 saturated carbocycles. The van der Waals surface area contributed by atoms with Crippen LogP contribution in [0.5, 0.6) is 0 Å². The van der Waals surface area contributed by atoms with Gasteiger partial charge in [0.15, 0.2) is 0 Å². The first kappa shape index (κ1) is 11.7. The van der Waals surface area contributed by atoms with Crippen molar-refractivity contribution in [3.05, 3.63) is 21.9 Å². The van der Waals surface area contributed by atoms with E-state index in [0.29, 0.717) is 6.54 Å². The highest BCUT2D eigenvalue weighted by atomic mass is 32.1. The lowest BCUT2D eigenvalue weighted by Crippen LogP contribution is -2.31. The molecule has 1 rings (SSSR count). The van der Waals surface area contributed by atoms with Crippen LogP contribution in [0.1, 0.15) is 27.9 Å². The summed E-state index contributed by atoms with van der Waals surface area (Å²) in [5, 5.41) is 8.62. The molecule has 15 heavy (non-hydrogen) atoms. The number of nitrogens with zero attached hydrogens (tertiary/aromatic N) is 2. The summed E-state index contributed by atoms with van der Waals surface area (Å²) in [6.07, 6.45) is 0.873. The molecular formula is C11H14N2OS. The summed E-state index contributed by atoms with van der Waals surface area (Å²) in [5.74, 6) is -0.0310. The van der Waals surface area contributed by atoms with Crippen LogP contribution in [-0.2, 0) is 0 Å². The lowest BCUT2D eigenvalue weighted by Gasteiger charge is -2.17. The van der Waals surface area contributed by atoms with Gasteiger partial charge in [-0.3, -0.25) is 4.79 Å². The second-order valence-corrected chi connectivity index (χ2v) is 4.58. The van der Waals surface area contributed by atoms with E-state index in [0.717, 1.165) is 16.2 Å². The van der Waals surface area contributed by atoms with Gasteiger partial charge in [0, 0.05) is 11.4 Å². The topological polar surface area (TPSA) is 44.1 Å². The molecule has 0 aromatic carbocycles. The van der Waals surface area contributed by atoms with Crippen molar-refractivity contribution in [1.82, 2.24) is 4.90 Å². The predicted molar refractivity (Wildman–Crippen MR) is 60.9 cm³/mol. The Kier molecular flexibility index (Phi) is 4.32. The Balaban J connectivity index is 2.76. The molecule has 0 fully saturated rings. The van der Waals surface area contributed by atoms with Gasteiger partial charge in [-0.15, -0.1) is 11.3 Å². The van der Waals surface area contributed by atoms with Crippen molar-refractivity contribution >= 4 is 17.2 Å². The summed E-state index contributed by atoms with van der Waals surface area (Å²) in [4.78, 5) is 15.3. The summed E-state index contributed by atoms with van der Waals surface area (Å²) in [5.41, 5.74) is 0. The molecule has 1 heterocycles. The zero-order valence-electron chi connectivity index (χ0n) is 8.99. The van der Waals surface area contributed by atoms with Crippen LogP contribution in [0.15, 0.2) is 12.1 Å². The smallest absolute Gasteiger partial charge is 0.264 e. The molecule has 0 atom stereocenters.